The normalized spacial score (nSPS) is 10.8. The number of hydrogen-bond donors (Lipinski definition) is 2. The lowest BCUT2D eigenvalue weighted by atomic mass is 10.0. The van der Waals surface area contributed by atoms with Gasteiger partial charge in [-0.25, -0.2) is 4.98 Å². The van der Waals surface area contributed by atoms with Crippen molar-refractivity contribution >= 4 is 16.7 Å². The fraction of sp³-hybridized carbons (Fsp3) is 0.0909. The highest BCUT2D eigenvalue weighted by molar-refractivity contribution is 6.03. The molecule has 1 amide bonds. The molecule has 0 aliphatic carbocycles. The number of aromatic nitrogens is 2. The molecule has 0 aliphatic heterocycles. The maximum atomic E-state index is 12.5. The van der Waals surface area contributed by atoms with Gasteiger partial charge in [0.15, 0.2) is 0 Å². The van der Waals surface area contributed by atoms with E-state index in [0.717, 1.165) is 23.1 Å². The first-order chi connectivity index (χ1) is 13.2. The van der Waals surface area contributed by atoms with Gasteiger partial charge < -0.3 is 15.0 Å². The monoisotopic (exact) mass is 357 g/mol. The number of amides is 1. The molecule has 0 spiro atoms. The largest absolute Gasteiger partial charge is 0.506 e. The van der Waals surface area contributed by atoms with Gasteiger partial charge in [0.25, 0.3) is 5.91 Å². The van der Waals surface area contributed by atoms with E-state index >= 15 is 0 Å². The molecule has 0 saturated heterocycles. The lowest BCUT2D eigenvalue weighted by Crippen LogP contribution is -2.23. The van der Waals surface area contributed by atoms with Crippen molar-refractivity contribution < 1.29 is 9.90 Å². The van der Waals surface area contributed by atoms with Crippen LogP contribution in [-0.2, 0) is 13.1 Å². The number of nitrogens with one attached hydrogen (secondary N) is 1. The predicted octanol–water partition coefficient (Wildman–Crippen LogP) is 3.72. The fourth-order valence-corrected chi connectivity index (χ4v) is 3.14. The topological polar surface area (TPSA) is 67.2 Å². The van der Waals surface area contributed by atoms with Gasteiger partial charge in [0.05, 0.1) is 11.9 Å². The number of carbonyl (C=O) groups excluding carboxylic acids is 1. The third-order valence-corrected chi connectivity index (χ3v) is 4.51. The van der Waals surface area contributed by atoms with Crippen LogP contribution in [-0.4, -0.2) is 20.6 Å². The van der Waals surface area contributed by atoms with Crippen molar-refractivity contribution in [3.05, 3.63) is 96.1 Å². The van der Waals surface area contributed by atoms with Gasteiger partial charge in [0.1, 0.15) is 5.75 Å². The molecule has 0 aliphatic rings. The summed E-state index contributed by atoms with van der Waals surface area (Å²) in [7, 11) is 0. The predicted molar refractivity (Wildman–Crippen MR) is 105 cm³/mol. The number of imidazole rings is 1. The Kier molecular flexibility index (Phi) is 4.58. The SMILES string of the molecule is O=C(NCc1cccc(Cn2ccnc2)c1)c1ccc2ccccc2c1O. The Morgan fingerprint density at radius 3 is 2.74 bits per heavy atom. The van der Waals surface area contributed by atoms with Crippen LogP contribution in [0.25, 0.3) is 10.8 Å². The summed E-state index contributed by atoms with van der Waals surface area (Å²) in [5.41, 5.74) is 2.41. The third-order valence-electron chi connectivity index (χ3n) is 4.51. The standard InChI is InChI=1S/C22H19N3O2/c26-21-19-7-2-1-6-18(19)8-9-20(21)22(27)24-13-16-4-3-5-17(12-16)14-25-11-10-23-15-25/h1-12,15,26H,13-14H2,(H,24,27). The van der Waals surface area contributed by atoms with E-state index in [-0.39, 0.29) is 17.2 Å². The molecule has 0 bridgehead atoms. The summed E-state index contributed by atoms with van der Waals surface area (Å²) in [4.78, 5) is 16.6. The second-order valence-corrected chi connectivity index (χ2v) is 6.42. The van der Waals surface area contributed by atoms with E-state index < -0.39 is 0 Å². The molecule has 3 aromatic carbocycles. The van der Waals surface area contributed by atoms with E-state index in [1.165, 1.54) is 0 Å². The van der Waals surface area contributed by atoms with E-state index in [9.17, 15) is 9.90 Å². The number of rotatable bonds is 5. The molecular weight excluding hydrogens is 338 g/mol. The van der Waals surface area contributed by atoms with Crippen molar-refractivity contribution in [2.24, 2.45) is 0 Å². The number of fused-ring (bicyclic) bond motifs is 1. The average Bonchev–Trinajstić information content (AvgIpc) is 3.20. The molecule has 5 nitrogen and oxygen atoms in total. The lowest BCUT2D eigenvalue weighted by molar-refractivity contribution is 0.0948. The van der Waals surface area contributed by atoms with Crippen LogP contribution < -0.4 is 5.32 Å². The summed E-state index contributed by atoms with van der Waals surface area (Å²) in [5, 5.41) is 14.9. The number of nitrogens with zero attached hydrogens (tertiary/aromatic N) is 2. The molecule has 4 rings (SSSR count). The van der Waals surface area contributed by atoms with Gasteiger partial charge in [-0.1, -0.05) is 54.6 Å². The van der Waals surface area contributed by atoms with Crippen molar-refractivity contribution in [3.8, 4) is 5.75 Å². The van der Waals surface area contributed by atoms with Crippen molar-refractivity contribution in [2.75, 3.05) is 0 Å². The zero-order valence-electron chi connectivity index (χ0n) is 14.7. The summed E-state index contributed by atoms with van der Waals surface area (Å²) in [6.45, 7) is 1.12. The Bertz CT molecular complexity index is 1090. The molecule has 0 fully saturated rings. The van der Waals surface area contributed by atoms with Crippen LogP contribution in [0.2, 0.25) is 0 Å². The quantitative estimate of drug-likeness (QED) is 0.572. The van der Waals surface area contributed by atoms with Gasteiger partial charge in [-0.15, -0.1) is 0 Å². The van der Waals surface area contributed by atoms with Crippen LogP contribution in [0.15, 0.2) is 79.4 Å². The van der Waals surface area contributed by atoms with Crippen LogP contribution in [0.4, 0.5) is 0 Å². The summed E-state index contributed by atoms with van der Waals surface area (Å²) in [6.07, 6.45) is 5.44. The molecule has 2 N–H and O–H groups in total. The van der Waals surface area contributed by atoms with Crippen LogP contribution in [0.1, 0.15) is 21.5 Å². The number of benzene rings is 3. The average molecular weight is 357 g/mol. The van der Waals surface area contributed by atoms with Crippen molar-refractivity contribution in [2.45, 2.75) is 13.1 Å². The molecule has 27 heavy (non-hydrogen) atoms. The number of hydrogen-bond acceptors (Lipinski definition) is 3. The first kappa shape index (κ1) is 16.8. The second kappa shape index (κ2) is 7.33. The molecule has 0 unspecified atom stereocenters. The second-order valence-electron chi connectivity index (χ2n) is 6.42. The minimum absolute atomic E-state index is 0.0134. The van der Waals surface area contributed by atoms with Gasteiger partial charge in [-0.05, 0) is 22.6 Å². The maximum absolute atomic E-state index is 12.5. The summed E-state index contributed by atoms with van der Waals surface area (Å²) in [6, 6.07) is 19.0. The van der Waals surface area contributed by atoms with E-state index in [4.69, 9.17) is 0 Å². The van der Waals surface area contributed by atoms with Crippen molar-refractivity contribution in [3.63, 3.8) is 0 Å². The van der Waals surface area contributed by atoms with Crippen LogP contribution in [0, 0.1) is 0 Å². The highest BCUT2D eigenvalue weighted by Gasteiger charge is 2.13. The Morgan fingerprint density at radius 2 is 1.89 bits per heavy atom. The molecular formula is C22H19N3O2. The zero-order chi connectivity index (χ0) is 18.6. The number of phenols is 1. The number of aromatic hydroxyl groups is 1. The summed E-state index contributed by atoms with van der Waals surface area (Å²) in [5.74, 6) is -0.280. The molecule has 5 heteroatoms. The molecule has 0 atom stereocenters. The first-order valence-corrected chi connectivity index (χ1v) is 8.73. The van der Waals surface area contributed by atoms with Crippen LogP contribution in [0.5, 0.6) is 5.75 Å². The smallest absolute Gasteiger partial charge is 0.255 e. The van der Waals surface area contributed by atoms with Crippen LogP contribution in [0.3, 0.4) is 0 Å². The minimum atomic E-state index is -0.293. The van der Waals surface area contributed by atoms with Crippen molar-refractivity contribution in [1.29, 1.82) is 0 Å². The molecule has 0 radical (unpaired) electrons. The fourth-order valence-electron chi connectivity index (χ4n) is 3.14. The maximum Gasteiger partial charge on any atom is 0.255 e. The Labute approximate surface area is 156 Å². The summed E-state index contributed by atoms with van der Waals surface area (Å²) < 4.78 is 1.99. The minimum Gasteiger partial charge on any atom is -0.506 e. The third kappa shape index (κ3) is 3.67. The summed E-state index contributed by atoms with van der Waals surface area (Å²) >= 11 is 0. The Balaban J connectivity index is 1.47. The number of carbonyl (C=O) groups is 1. The van der Waals surface area contributed by atoms with E-state index in [1.54, 1.807) is 24.7 Å². The first-order valence-electron chi connectivity index (χ1n) is 8.73. The molecule has 4 aromatic rings. The number of phenolic OH excluding ortho intramolecular Hbond substituents is 1. The lowest BCUT2D eigenvalue weighted by Gasteiger charge is -2.10. The van der Waals surface area contributed by atoms with Gasteiger partial charge >= 0.3 is 0 Å². The van der Waals surface area contributed by atoms with Gasteiger partial charge in [0, 0.05) is 30.9 Å². The van der Waals surface area contributed by atoms with E-state index in [0.29, 0.717) is 11.9 Å². The Morgan fingerprint density at radius 1 is 1.04 bits per heavy atom. The van der Waals surface area contributed by atoms with Gasteiger partial charge in [-0.2, -0.15) is 0 Å². The van der Waals surface area contributed by atoms with Gasteiger partial charge in [0.2, 0.25) is 0 Å². The Hall–Kier alpha value is -3.60. The van der Waals surface area contributed by atoms with Crippen molar-refractivity contribution in [1.82, 2.24) is 14.9 Å². The molecule has 1 aromatic heterocycles. The zero-order valence-corrected chi connectivity index (χ0v) is 14.7. The highest BCUT2D eigenvalue weighted by Crippen LogP contribution is 2.28. The molecule has 0 saturated carbocycles. The van der Waals surface area contributed by atoms with E-state index in [2.05, 4.69) is 16.4 Å². The van der Waals surface area contributed by atoms with Gasteiger partial charge in [-0.3, -0.25) is 4.79 Å². The van der Waals surface area contributed by atoms with E-state index in [1.807, 2.05) is 53.2 Å². The highest BCUT2D eigenvalue weighted by atomic mass is 16.3. The van der Waals surface area contributed by atoms with Crippen LogP contribution >= 0.6 is 0 Å². The molecule has 134 valence electrons. The molecule has 1 heterocycles.